The zero-order valence-corrected chi connectivity index (χ0v) is 9.36. The first-order chi connectivity index (χ1) is 6.61. The fourth-order valence-corrected chi connectivity index (χ4v) is 1.55. The average Bonchev–Trinajstić information content (AvgIpc) is 2.12. The number of halogens is 3. The largest absolute Gasteiger partial charge is 0.460 e. The topological polar surface area (TPSA) is 26.3 Å². The van der Waals surface area contributed by atoms with Crippen LogP contribution in [0.5, 0.6) is 0 Å². The zero-order chi connectivity index (χ0) is 10.6. The zero-order valence-electron chi connectivity index (χ0n) is 7.10. The lowest BCUT2D eigenvalue weighted by atomic mass is 10.2. The van der Waals surface area contributed by atoms with Crippen LogP contribution >= 0.6 is 34.8 Å². The van der Waals surface area contributed by atoms with Gasteiger partial charge in [-0.05, 0) is 23.8 Å². The van der Waals surface area contributed by atoms with E-state index in [1.54, 1.807) is 18.2 Å². The van der Waals surface area contributed by atoms with E-state index in [9.17, 15) is 4.79 Å². The molecule has 0 spiro atoms. The van der Waals surface area contributed by atoms with E-state index in [4.69, 9.17) is 39.5 Å². The molecule has 5 heteroatoms. The summed E-state index contributed by atoms with van der Waals surface area (Å²) in [4.78, 5) is 10.7. The molecule has 0 bridgehead atoms. The Labute approximate surface area is 96.7 Å². The number of hydrogen-bond acceptors (Lipinski definition) is 2. The van der Waals surface area contributed by atoms with Crippen LogP contribution in [-0.2, 0) is 16.1 Å². The minimum Gasteiger partial charge on any atom is -0.460 e. The van der Waals surface area contributed by atoms with Crippen LogP contribution in [0.25, 0.3) is 0 Å². The number of rotatable bonds is 3. The van der Waals surface area contributed by atoms with Crippen molar-refractivity contribution in [3.8, 4) is 0 Å². The number of benzene rings is 1. The van der Waals surface area contributed by atoms with Crippen LogP contribution in [0.4, 0.5) is 0 Å². The van der Waals surface area contributed by atoms with E-state index in [0.717, 1.165) is 5.56 Å². The molecule has 0 fully saturated rings. The van der Waals surface area contributed by atoms with Crippen LogP contribution in [0.1, 0.15) is 5.56 Å². The smallest absolute Gasteiger partial charge is 0.321 e. The highest BCUT2D eigenvalue weighted by molar-refractivity contribution is 6.34. The van der Waals surface area contributed by atoms with Crippen molar-refractivity contribution in [2.75, 3.05) is 5.88 Å². The van der Waals surface area contributed by atoms with E-state index >= 15 is 0 Å². The molecule has 1 aromatic carbocycles. The summed E-state index contributed by atoms with van der Waals surface area (Å²) in [5.74, 6) is -0.628. The Kier molecular flexibility index (Phi) is 4.52. The van der Waals surface area contributed by atoms with Gasteiger partial charge in [0, 0.05) is 10.0 Å². The van der Waals surface area contributed by atoms with Crippen LogP contribution in [-0.4, -0.2) is 11.8 Å². The molecule has 1 rings (SSSR count). The summed E-state index contributed by atoms with van der Waals surface area (Å²) in [6.07, 6.45) is 0. The van der Waals surface area contributed by atoms with Crippen molar-refractivity contribution in [1.29, 1.82) is 0 Å². The molecular formula is C9H7Cl3O2. The van der Waals surface area contributed by atoms with E-state index in [-0.39, 0.29) is 12.5 Å². The number of hydrogen-bond donors (Lipinski definition) is 0. The van der Waals surface area contributed by atoms with Crippen molar-refractivity contribution in [3.05, 3.63) is 33.8 Å². The SMILES string of the molecule is O=C(CCl)OCc1cc(Cl)cc(Cl)c1. The Balaban J connectivity index is 2.63. The van der Waals surface area contributed by atoms with Gasteiger partial charge in [0.15, 0.2) is 0 Å². The number of ether oxygens (including phenoxy) is 1. The highest BCUT2D eigenvalue weighted by atomic mass is 35.5. The first kappa shape index (κ1) is 11.6. The molecule has 14 heavy (non-hydrogen) atoms. The maximum atomic E-state index is 10.7. The predicted octanol–water partition coefficient (Wildman–Crippen LogP) is 3.28. The summed E-state index contributed by atoms with van der Waals surface area (Å²) in [6.45, 7) is 0.131. The van der Waals surface area contributed by atoms with Gasteiger partial charge in [0.2, 0.25) is 0 Å². The van der Waals surface area contributed by atoms with Gasteiger partial charge in [-0.3, -0.25) is 4.79 Å². The summed E-state index contributed by atoms with van der Waals surface area (Å²) >= 11 is 16.8. The monoisotopic (exact) mass is 252 g/mol. The van der Waals surface area contributed by atoms with E-state index in [1.807, 2.05) is 0 Å². The summed E-state index contributed by atoms with van der Waals surface area (Å²) in [5.41, 5.74) is 0.737. The molecule has 2 nitrogen and oxygen atoms in total. The molecule has 0 aliphatic heterocycles. The third kappa shape index (κ3) is 3.74. The Hall–Kier alpha value is -0.440. The molecule has 0 saturated heterocycles. The summed E-state index contributed by atoms with van der Waals surface area (Å²) in [5, 5.41) is 1.02. The average molecular weight is 254 g/mol. The van der Waals surface area contributed by atoms with Crippen LogP contribution < -0.4 is 0 Å². The molecular weight excluding hydrogens is 246 g/mol. The molecule has 0 radical (unpaired) electrons. The van der Waals surface area contributed by atoms with Gasteiger partial charge in [-0.15, -0.1) is 11.6 Å². The lowest BCUT2D eigenvalue weighted by molar-refractivity contribution is -0.141. The fraction of sp³-hybridized carbons (Fsp3) is 0.222. The third-order valence-electron chi connectivity index (χ3n) is 1.43. The van der Waals surface area contributed by atoms with E-state index in [0.29, 0.717) is 10.0 Å². The van der Waals surface area contributed by atoms with E-state index in [1.165, 1.54) is 0 Å². The minimum atomic E-state index is -0.470. The minimum absolute atomic E-state index is 0.131. The van der Waals surface area contributed by atoms with Crippen molar-refractivity contribution in [1.82, 2.24) is 0 Å². The normalized spacial score (nSPS) is 9.93. The Bertz CT molecular complexity index is 319. The first-order valence-corrected chi connectivity index (χ1v) is 5.07. The van der Waals surface area contributed by atoms with Gasteiger partial charge in [-0.25, -0.2) is 0 Å². The van der Waals surface area contributed by atoms with Crippen LogP contribution in [0.3, 0.4) is 0 Å². The predicted molar refractivity (Wildman–Crippen MR) is 57.0 cm³/mol. The maximum Gasteiger partial charge on any atom is 0.321 e. The molecule has 0 N–H and O–H groups in total. The highest BCUT2D eigenvalue weighted by Crippen LogP contribution is 2.19. The number of carbonyl (C=O) groups is 1. The second-order valence-electron chi connectivity index (χ2n) is 2.57. The lowest BCUT2D eigenvalue weighted by Crippen LogP contribution is -2.05. The van der Waals surface area contributed by atoms with Crippen molar-refractivity contribution < 1.29 is 9.53 Å². The standard InChI is InChI=1S/C9H7Cl3O2/c10-4-9(13)14-5-6-1-7(11)3-8(12)2-6/h1-3H,4-5H2. The van der Waals surface area contributed by atoms with Gasteiger partial charge in [0.05, 0.1) is 0 Å². The number of carbonyl (C=O) groups excluding carboxylic acids is 1. The second kappa shape index (κ2) is 5.44. The van der Waals surface area contributed by atoms with Gasteiger partial charge in [0.1, 0.15) is 12.5 Å². The van der Waals surface area contributed by atoms with Gasteiger partial charge in [0.25, 0.3) is 0 Å². The quantitative estimate of drug-likeness (QED) is 0.610. The number of alkyl halides is 1. The van der Waals surface area contributed by atoms with Gasteiger partial charge < -0.3 is 4.74 Å². The maximum absolute atomic E-state index is 10.7. The van der Waals surface area contributed by atoms with Gasteiger partial charge >= 0.3 is 5.97 Å². The van der Waals surface area contributed by atoms with Crippen molar-refractivity contribution >= 4 is 40.8 Å². The number of esters is 1. The Morgan fingerprint density at radius 1 is 1.21 bits per heavy atom. The van der Waals surface area contributed by atoms with Crippen LogP contribution in [0.15, 0.2) is 18.2 Å². The molecule has 0 saturated carbocycles. The van der Waals surface area contributed by atoms with Gasteiger partial charge in [-0.2, -0.15) is 0 Å². The molecule has 0 unspecified atom stereocenters. The van der Waals surface area contributed by atoms with E-state index in [2.05, 4.69) is 0 Å². The molecule has 1 aromatic rings. The molecule has 0 amide bonds. The first-order valence-electron chi connectivity index (χ1n) is 3.78. The molecule has 0 aromatic heterocycles. The van der Waals surface area contributed by atoms with Crippen LogP contribution in [0, 0.1) is 0 Å². The summed E-state index contributed by atoms with van der Waals surface area (Å²) in [6, 6.07) is 4.96. The molecule has 0 heterocycles. The highest BCUT2D eigenvalue weighted by Gasteiger charge is 2.02. The van der Waals surface area contributed by atoms with Gasteiger partial charge in [-0.1, -0.05) is 23.2 Å². The van der Waals surface area contributed by atoms with Crippen molar-refractivity contribution in [2.24, 2.45) is 0 Å². The van der Waals surface area contributed by atoms with E-state index < -0.39 is 5.97 Å². The third-order valence-corrected chi connectivity index (χ3v) is 2.09. The Morgan fingerprint density at radius 2 is 1.79 bits per heavy atom. The molecule has 0 aliphatic rings. The fourth-order valence-electron chi connectivity index (χ4n) is 0.897. The lowest BCUT2D eigenvalue weighted by Gasteiger charge is -2.03. The molecule has 76 valence electrons. The van der Waals surface area contributed by atoms with Crippen molar-refractivity contribution in [3.63, 3.8) is 0 Å². The summed E-state index contributed by atoms with van der Waals surface area (Å²) in [7, 11) is 0. The summed E-state index contributed by atoms with van der Waals surface area (Å²) < 4.78 is 4.80. The molecule has 0 aliphatic carbocycles. The second-order valence-corrected chi connectivity index (χ2v) is 3.71. The Morgan fingerprint density at radius 3 is 2.29 bits per heavy atom. The van der Waals surface area contributed by atoms with Crippen LogP contribution in [0.2, 0.25) is 10.0 Å². The van der Waals surface area contributed by atoms with Crippen molar-refractivity contribution in [2.45, 2.75) is 6.61 Å². The molecule has 0 atom stereocenters.